The second-order valence-electron chi connectivity index (χ2n) is 8.48. The zero-order valence-electron chi connectivity index (χ0n) is 18.1. The van der Waals surface area contributed by atoms with Gasteiger partial charge < -0.3 is 26.0 Å². The Morgan fingerprint density at radius 1 is 1.26 bits per heavy atom. The minimum absolute atomic E-state index is 0.118. The lowest BCUT2D eigenvalue weighted by atomic mass is 9.93. The van der Waals surface area contributed by atoms with Crippen molar-refractivity contribution in [1.29, 1.82) is 0 Å². The molecule has 0 bridgehead atoms. The fourth-order valence-corrected chi connectivity index (χ4v) is 4.18. The summed E-state index contributed by atoms with van der Waals surface area (Å²) in [6.07, 6.45) is 4.01. The summed E-state index contributed by atoms with van der Waals surface area (Å²) in [5.74, 6) is -1.82. The molecule has 31 heavy (non-hydrogen) atoms. The van der Waals surface area contributed by atoms with Gasteiger partial charge in [0.25, 0.3) is 0 Å². The number of carboxylic acids is 1. The van der Waals surface area contributed by atoms with Crippen LogP contribution in [0, 0.1) is 11.8 Å². The molecule has 0 spiro atoms. The Kier molecular flexibility index (Phi) is 7.33. The number of nitrogens with zero attached hydrogens (tertiary/aromatic N) is 1. The van der Waals surface area contributed by atoms with Crippen LogP contribution in [0.2, 0.25) is 0 Å². The Labute approximate surface area is 182 Å². The summed E-state index contributed by atoms with van der Waals surface area (Å²) in [6.45, 7) is 4.60. The fourth-order valence-electron chi connectivity index (χ4n) is 4.18. The molecule has 1 aromatic heterocycles. The number of nitrogens with two attached hydrogens (primary N) is 1. The number of carboxylic acid groups (broad SMARTS) is 1. The number of nitrogens with one attached hydrogen (secondary N) is 2. The number of aromatic amines is 1. The van der Waals surface area contributed by atoms with Crippen LogP contribution in [0.4, 0.5) is 0 Å². The molecule has 2 amide bonds. The van der Waals surface area contributed by atoms with Crippen molar-refractivity contribution in [2.75, 3.05) is 13.1 Å². The van der Waals surface area contributed by atoms with Crippen LogP contribution in [-0.4, -0.2) is 57.9 Å². The van der Waals surface area contributed by atoms with E-state index >= 15 is 0 Å². The lowest BCUT2D eigenvalue weighted by molar-refractivity contribution is -0.144. The molecular formula is C23H32N4O4. The number of rotatable bonds is 8. The van der Waals surface area contributed by atoms with Gasteiger partial charge in [-0.05, 0) is 36.8 Å². The second-order valence-corrected chi connectivity index (χ2v) is 8.48. The summed E-state index contributed by atoms with van der Waals surface area (Å²) < 4.78 is 0. The van der Waals surface area contributed by atoms with E-state index < -0.39 is 18.1 Å². The highest BCUT2D eigenvalue weighted by Crippen LogP contribution is 2.22. The smallest absolute Gasteiger partial charge is 0.326 e. The van der Waals surface area contributed by atoms with Crippen LogP contribution in [0.5, 0.6) is 0 Å². The topological polar surface area (TPSA) is 129 Å². The molecule has 2 aromatic rings. The molecule has 0 radical (unpaired) electrons. The molecule has 1 aromatic carbocycles. The molecule has 0 saturated carbocycles. The first-order valence-corrected chi connectivity index (χ1v) is 10.9. The number of aromatic nitrogens is 1. The Bertz CT molecular complexity index is 933. The maximum Gasteiger partial charge on any atom is 0.326 e. The van der Waals surface area contributed by atoms with E-state index in [0.29, 0.717) is 38.8 Å². The van der Waals surface area contributed by atoms with Gasteiger partial charge in [-0.25, -0.2) is 4.79 Å². The van der Waals surface area contributed by atoms with E-state index in [1.807, 2.05) is 44.3 Å². The molecule has 8 nitrogen and oxygen atoms in total. The number of hydrogen-bond donors (Lipinski definition) is 4. The van der Waals surface area contributed by atoms with Gasteiger partial charge in [0, 0.05) is 36.1 Å². The number of piperidine rings is 1. The highest BCUT2D eigenvalue weighted by molar-refractivity contribution is 5.87. The molecule has 1 fully saturated rings. The first-order valence-electron chi connectivity index (χ1n) is 10.9. The van der Waals surface area contributed by atoms with E-state index in [1.54, 1.807) is 4.90 Å². The molecule has 5 N–H and O–H groups in total. The van der Waals surface area contributed by atoms with Crippen LogP contribution in [0.1, 0.15) is 38.7 Å². The van der Waals surface area contributed by atoms with Crippen molar-refractivity contribution >= 4 is 28.7 Å². The van der Waals surface area contributed by atoms with Crippen molar-refractivity contribution in [2.45, 2.75) is 51.6 Å². The average Bonchev–Trinajstić information content (AvgIpc) is 3.19. The number of hydrogen-bond acceptors (Lipinski definition) is 4. The highest BCUT2D eigenvalue weighted by Gasteiger charge is 2.33. The molecule has 3 rings (SSSR count). The fraction of sp³-hybridized carbons (Fsp3) is 0.522. The van der Waals surface area contributed by atoms with Crippen molar-refractivity contribution in [1.82, 2.24) is 15.2 Å². The summed E-state index contributed by atoms with van der Waals surface area (Å²) in [7, 11) is 0. The standard InChI is InChI=1S/C23H32N4O4/c1-3-14(2)20(23(30)31)26-21(28)15-8-10-27(11-9-15)22(29)18(24)12-16-13-25-19-7-5-4-6-17(16)19/h4-7,13-15,18,20,25H,3,8-12,24H2,1-2H3,(H,26,28)(H,30,31). The number of aliphatic carboxylic acids is 1. The monoisotopic (exact) mass is 428 g/mol. The van der Waals surface area contributed by atoms with Crippen LogP contribution in [0.3, 0.4) is 0 Å². The summed E-state index contributed by atoms with van der Waals surface area (Å²) >= 11 is 0. The average molecular weight is 429 g/mol. The maximum absolute atomic E-state index is 12.8. The summed E-state index contributed by atoms with van der Waals surface area (Å²) in [5.41, 5.74) is 8.25. The molecule has 8 heteroatoms. The van der Waals surface area contributed by atoms with Crippen LogP contribution in [0.15, 0.2) is 30.5 Å². The number of benzene rings is 1. The Morgan fingerprint density at radius 3 is 2.58 bits per heavy atom. The van der Waals surface area contributed by atoms with Gasteiger partial charge in [-0.15, -0.1) is 0 Å². The molecule has 1 aliphatic rings. The highest BCUT2D eigenvalue weighted by atomic mass is 16.4. The maximum atomic E-state index is 12.8. The van der Waals surface area contributed by atoms with E-state index in [-0.39, 0.29) is 23.7 Å². The summed E-state index contributed by atoms with van der Waals surface area (Å²) in [6, 6.07) is 6.37. The zero-order chi connectivity index (χ0) is 22.5. The van der Waals surface area contributed by atoms with E-state index in [9.17, 15) is 19.5 Å². The predicted octanol–water partition coefficient (Wildman–Crippen LogP) is 1.89. The lowest BCUT2D eigenvalue weighted by Crippen LogP contribution is -2.52. The van der Waals surface area contributed by atoms with E-state index in [4.69, 9.17) is 5.73 Å². The van der Waals surface area contributed by atoms with Crippen molar-refractivity contribution in [3.05, 3.63) is 36.0 Å². The predicted molar refractivity (Wildman–Crippen MR) is 118 cm³/mol. The van der Waals surface area contributed by atoms with Gasteiger partial charge in [0.05, 0.1) is 6.04 Å². The molecule has 3 atom stereocenters. The first kappa shape index (κ1) is 22.8. The number of carbonyl (C=O) groups is 3. The number of para-hydroxylation sites is 1. The van der Waals surface area contributed by atoms with Gasteiger partial charge in [0.2, 0.25) is 11.8 Å². The zero-order valence-corrected chi connectivity index (χ0v) is 18.1. The Hall–Kier alpha value is -2.87. The molecule has 3 unspecified atom stereocenters. The van der Waals surface area contributed by atoms with Gasteiger partial charge in [0.15, 0.2) is 0 Å². The molecule has 2 heterocycles. The quantitative estimate of drug-likeness (QED) is 0.510. The van der Waals surface area contributed by atoms with Crippen molar-refractivity contribution in [2.24, 2.45) is 17.6 Å². The van der Waals surface area contributed by atoms with Crippen LogP contribution >= 0.6 is 0 Å². The third kappa shape index (κ3) is 5.25. The van der Waals surface area contributed by atoms with E-state index in [1.165, 1.54) is 0 Å². The number of amides is 2. The second kappa shape index (κ2) is 9.96. The minimum Gasteiger partial charge on any atom is -0.480 e. The van der Waals surface area contributed by atoms with Gasteiger partial charge in [-0.2, -0.15) is 0 Å². The van der Waals surface area contributed by atoms with Gasteiger partial charge in [-0.1, -0.05) is 38.5 Å². The van der Waals surface area contributed by atoms with Crippen molar-refractivity contribution in [3.8, 4) is 0 Å². The van der Waals surface area contributed by atoms with Crippen molar-refractivity contribution in [3.63, 3.8) is 0 Å². The minimum atomic E-state index is -1.02. The third-order valence-electron chi connectivity index (χ3n) is 6.39. The lowest BCUT2D eigenvalue weighted by Gasteiger charge is -2.33. The SMILES string of the molecule is CCC(C)C(NC(=O)C1CCN(C(=O)C(N)Cc2c[nH]c3ccccc23)CC1)C(=O)O. The van der Waals surface area contributed by atoms with Gasteiger partial charge in [-0.3, -0.25) is 9.59 Å². The number of carbonyl (C=O) groups excluding carboxylic acids is 2. The summed E-state index contributed by atoms with van der Waals surface area (Å²) in [5, 5.41) is 13.1. The first-order chi connectivity index (χ1) is 14.8. The van der Waals surface area contributed by atoms with Crippen LogP contribution < -0.4 is 11.1 Å². The Balaban J connectivity index is 1.53. The molecule has 168 valence electrons. The molecule has 0 aliphatic carbocycles. The van der Waals surface area contributed by atoms with Crippen LogP contribution in [0.25, 0.3) is 10.9 Å². The van der Waals surface area contributed by atoms with Gasteiger partial charge in [0.1, 0.15) is 6.04 Å². The summed E-state index contributed by atoms with van der Waals surface area (Å²) in [4.78, 5) is 41.8. The molecular weight excluding hydrogens is 396 g/mol. The molecule has 1 saturated heterocycles. The number of likely N-dealkylation sites (tertiary alicyclic amines) is 1. The number of H-pyrrole nitrogens is 1. The molecule has 1 aliphatic heterocycles. The third-order valence-corrected chi connectivity index (χ3v) is 6.39. The number of fused-ring (bicyclic) bond motifs is 1. The van der Waals surface area contributed by atoms with Crippen LogP contribution in [-0.2, 0) is 20.8 Å². The van der Waals surface area contributed by atoms with Gasteiger partial charge >= 0.3 is 5.97 Å². The van der Waals surface area contributed by atoms with E-state index in [0.717, 1.165) is 16.5 Å². The Morgan fingerprint density at radius 2 is 1.94 bits per heavy atom. The largest absolute Gasteiger partial charge is 0.480 e. The normalized spacial score (nSPS) is 17.8. The van der Waals surface area contributed by atoms with Crippen molar-refractivity contribution < 1.29 is 19.5 Å². The van der Waals surface area contributed by atoms with E-state index in [2.05, 4.69) is 10.3 Å².